The van der Waals surface area contributed by atoms with Gasteiger partial charge in [-0.3, -0.25) is 0 Å². The topological polar surface area (TPSA) is 78.0 Å². The van der Waals surface area contributed by atoms with Gasteiger partial charge in [0.25, 0.3) is 0 Å². The number of benzene rings is 2. The number of aryl methyl sites for hydroxylation is 1. The summed E-state index contributed by atoms with van der Waals surface area (Å²) in [4.78, 5) is 4.44. The van der Waals surface area contributed by atoms with Gasteiger partial charge < -0.3 is 4.57 Å². The summed E-state index contributed by atoms with van der Waals surface area (Å²) in [5.41, 5.74) is 1.30. The molecular formula is C17H16F3N3O2S2. The second kappa shape index (κ2) is 7.17. The Morgan fingerprint density at radius 2 is 1.81 bits per heavy atom. The molecule has 2 aromatic carbocycles. The van der Waals surface area contributed by atoms with Crippen molar-refractivity contribution in [2.24, 2.45) is 5.14 Å². The van der Waals surface area contributed by atoms with E-state index in [9.17, 15) is 21.6 Å². The monoisotopic (exact) mass is 415 g/mol. The summed E-state index contributed by atoms with van der Waals surface area (Å²) in [7, 11) is -3.82. The fraction of sp³-hybridized carbons (Fsp3) is 0.235. The van der Waals surface area contributed by atoms with Crippen LogP contribution in [0.5, 0.6) is 0 Å². The van der Waals surface area contributed by atoms with Gasteiger partial charge in [-0.15, -0.1) is 0 Å². The van der Waals surface area contributed by atoms with Gasteiger partial charge in [-0.25, -0.2) is 18.5 Å². The van der Waals surface area contributed by atoms with Crippen molar-refractivity contribution >= 4 is 32.8 Å². The van der Waals surface area contributed by atoms with Gasteiger partial charge in [-0.05, 0) is 42.8 Å². The molecule has 0 amide bonds. The van der Waals surface area contributed by atoms with Crippen molar-refractivity contribution in [3.8, 4) is 0 Å². The van der Waals surface area contributed by atoms with E-state index in [0.717, 1.165) is 23.2 Å². The number of fused-ring (bicyclic) bond motifs is 1. The zero-order chi connectivity index (χ0) is 19.8. The zero-order valence-electron chi connectivity index (χ0n) is 14.2. The fourth-order valence-corrected chi connectivity index (χ4v) is 4.19. The van der Waals surface area contributed by atoms with Crippen LogP contribution in [0.4, 0.5) is 13.2 Å². The molecule has 0 atom stereocenters. The van der Waals surface area contributed by atoms with Crippen LogP contribution in [0, 0.1) is 0 Å². The molecule has 1 heterocycles. The number of thioether (sulfide) groups is 1. The van der Waals surface area contributed by atoms with Crippen molar-refractivity contribution in [1.29, 1.82) is 0 Å². The first-order valence-electron chi connectivity index (χ1n) is 7.91. The molecule has 0 aliphatic rings. The molecule has 0 saturated heterocycles. The first-order valence-corrected chi connectivity index (χ1v) is 10.4. The molecule has 2 N–H and O–H groups in total. The van der Waals surface area contributed by atoms with Crippen molar-refractivity contribution in [3.05, 3.63) is 53.6 Å². The summed E-state index contributed by atoms with van der Waals surface area (Å²) < 4.78 is 62.8. The van der Waals surface area contributed by atoms with E-state index >= 15 is 0 Å². The molecule has 0 aliphatic heterocycles. The Bertz CT molecular complexity index is 1080. The Balaban J connectivity index is 1.86. The Kier molecular flexibility index (Phi) is 5.24. The van der Waals surface area contributed by atoms with Gasteiger partial charge in [0.1, 0.15) is 0 Å². The van der Waals surface area contributed by atoms with Gasteiger partial charge in [0, 0.05) is 12.3 Å². The normalized spacial score (nSPS) is 12.6. The van der Waals surface area contributed by atoms with E-state index in [1.54, 1.807) is 6.07 Å². The number of sulfonamides is 1. The van der Waals surface area contributed by atoms with Crippen LogP contribution in [0.2, 0.25) is 0 Å². The van der Waals surface area contributed by atoms with E-state index in [1.807, 2.05) is 11.5 Å². The van der Waals surface area contributed by atoms with Gasteiger partial charge in [-0.1, -0.05) is 23.9 Å². The molecule has 0 saturated carbocycles. The van der Waals surface area contributed by atoms with E-state index in [0.29, 0.717) is 23.0 Å². The maximum absolute atomic E-state index is 12.6. The van der Waals surface area contributed by atoms with Crippen molar-refractivity contribution in [2.75, 3.05) is 0 Å². The van der Waals surface area contributed by atoms with Crippen molar-refractivity contribution < 1.29 is 21.6 Å². The summed E-state index contributed by atoms with van der Waals surface area (Å²) in [6.45, 7) is 2.54. The minimum absolute atomic E-state index is 0.0185. The minimum atomic E-state index is -4.36. The maximum Gasteiger partial charge on any atom is 0.416 e. The predicted molar refractivity (Wildman–Crippen MR) is 97.8 cm³/mol. The quantitative estimate of drug-likeness (QED) is 0.639. The van der Waals surface area contributed by atoms with Crippen LogP contribution in [0.25, 0.3) is 11.0 Å². The molecule has 0 bridgehead atoms. The number of aromatic nitrogens is 2. The Labute approximate surface area is 158 Å². The maximum atomic E-state index is 12.6. The lowest BCUT2D eigenvalue weighted by Gasteiger charge is -2.08. The highest BCUT2D eigenvalue weighted by Gasteiger charge is 2.29. The minimum Gasteiger partial charge on any atom is -0.319 e. The SMILES string of the molecule is CCn1c(SCc2ccc(C(F)(F)F)cc2)nc2cc(S(N)(=O)=O)ccc21. The number of imidazole rings is 1. The lowest BCUT2D eigenvalue weighted by atomic mass is 10.1. The van der Waals surface area contributed by atoms with Gasteiger partial charge in [-0.2, -0.15) is 13.2 Å². The predicted octanol–water partition coefficient (Wildman–Crippen LogP) is 4.01. The summed E-state index contributed by atoms with van der Waals surface area (Å²) >= 11 is 1.37. The smallest absolute Gasteiger partial charge is 0.319 e. The molecule has 0 spiro atoms. The number of nitrogens with zero attached hydrogens (tertiary/aromatic N) is 2. The molecule has 0 fully saturated rings. The van der Waals surface area contributed by atoms with E-state index in [2.05, 4.69) is 4.98 Å². The summed E-state index contributed by atoms with van der Waals surface area (Å²) in [5, 5.41) is 5.81. The standard InChI is InChI=1S/C17H16F3N3O2S2/c1-2-23-15-8-7-13(27(21,24)25)9-14(15)22-16(23)26-10-11-3-5-12(6-4-11)17(18,19)20/h3-9H,2,10H2,1H3,(H2,21,24,25). The average molecular weight is 415 g/mol. The highest BCUT2D eigenvalue weighted by molar-refractivity contribution is 7.98. The van der Waals surface area contributed by atoms with Crippen molar-refractivity contribution in [1.82, 2.24) is 9.55 Å². The van der Waals surface area contributed by atoms with Crippen LogP contribution in [-0.4, -0.2) is 18.0 Å². The number of hydrogen-bond acceptors (Lipinski definition) is 4. The average Bonchev–Trinajstić information content (AvgIpc) is 2.95. The number of rotatable bonds is 5. The molecule has 144 valence electrons. The zero-order valence-corrected chi connectivity index (χ0v) is 15.8. The Hall–Kier alpha value is -2.04. The lowest BCUT2D eigenvalue weighted by Crippen LogP contribution is -2.11. The van der Waals surface area contributed by atoms with Gasteiger partial charge in [0.2, 0.25) is 10.0 Å². The molecule has 0 unspecified atom stereocenters. The fourth-order valence-electron chi connectivity index (χ4n) is 2.62. The van der Waals surface area contributed by atoms with Gasteiger partial charge >= 0.3 is 6.18 Å². The molecule has 0 radical (unpaired) electrons. The number of hydrogen-bond donors (Lipinski definition) is 1. The first kappa shape index (κ1) is 19.7. The number of nitrogens with two attached hydrogens (primary N) is 1. The van der Waals surface area contributed by atoms with Crippen LogP contribution < -0.4 is 5.14 Å². The Morgan fingerprint density at radius 3 is 2.37 bits per heavy atom. The van der Waals surface area contributed by atoms with Gasteiger partial charge in [0.05, 0.1) is 21.5 Å². The number of primary sulfonamides is 1. The second-order valence-corrected chi connectivity index (χ2v) is 8.32. The highest BCUT2D eigenvalue weighted by atomic mass is 32.2. The van der Waals surface area contributed by atoms with Crippen molar-refractivity contribution in [2.45, 2.75) is 35.4 Å². The molecule has 0 aliphatic carbocycles. The molecule has 5 nitrogen and oxygen atoms in total. The van der Waals surface area contributed by atoms with Crippen LogP contribution in [0.1, 0.15) is 18.1 Å². The molecule has 3 rings (SSSR count). The highest BCUT2D eigenvalue weighted by Crippen LogP contribution is 2.31. The van der Waals surface area contributed by atoms with E-state index in [-0.39, 0.29) is 4.90 Å². The van der Waals surface area contributed by atoms with Crippen LogP contribution >= 0.6 is 11.8 Å². The first-order chi connectivity index (χ1) is 12.6. The second-order valence-electron chi connectivity index (χ2n) is 5.82. The van der Waals surface area contributed by atoms with Crippen LogP contribution in [0.3, 0.4) is 0 Å². The third-order valence-electron chi connectivity index (χ3n) is 3.98. The van der Waals surface area contributed by atoms with Crippen LogP contribution in [-0.2, 0) is 28.5 Å². The summed E-state index contributed by atoms with van der Waals surface area (Å²) in [5.74, 6) is 0.434. The number of alkyl halides is 3. The number of halogens is 3. The summed E-state index contributed by atoms with van der Waals surface area (Å²) in [6, 6.07) is 9.47. The van der Waals surface area contributed by atoms with E-state index in [1.165, 1.54) is 36.0 Å². The van der Waals surface area contributed by atoms with Crippen molar-refractivity contribution in [3.63, 3.8) is 0 Å². The largest absolute Gasteiger partial charge is 0.416 e. The summed E-state index contributed by atoms with van der Waals surface area (Å²) in [6.07, 6.45) is -4.36. The molecular weight excluding hydrogens is 399 g/mol. The third kappa shape index (κ3) is 4.28. The molecule has 27 heavy (non-hydrogen) atoms. The Morgan fingerprint density at radius 1 is 1.15 bits per heavy atom. The van der Waals surface area contributed by atoms with Crippen LogP contribution in [0.15, 0.2) is 52.5 Å². The van der Waals surface area contributed by atoms with E-state index in [4.69, 9.17) is 5.14 Å². The molecule has 1 aromatic heterocycles. The lowest BCUT2D eigenvalue weighted by molar-refractivity contribution is -0.137. The van der Waals surface area contributed by atoms with Gasteiger partial charge in [0.15, 0.2) is 5.16 Å². The van der Waals surface area contributed by atoms with E-state index < -0.39 is 21.8 Å². The molecule has 10 heteroatoms. The molecule has 3 aromatic rings. The third-order valence-corrected chi connectivity index (χ3v) is 5.94.